The molecule has 0 aliphatic carbocycles. The third kappa shape index (κ3) is 2.71. The molecule has 0 N–H and O–H groups in total. The lowest BCUT2D eigenvalue weighted by Crippen LogP contribution is -2.45. The molecule has 4 heteroatoms. The highest BCUT2D eigenvalue weighted by molar-refractivity contribution is 5.78. The van der Waals surface area contributed by atoms with Crippen LogP contribution in [0.5, 0.6) is 0 Å². The molecule has 1 amide bonds. The first kappa shape index (κ1) is 11.0. The third-order valence-corrected chi connectivity index (χ3v) is 2.54. The minimum Gasteiger partial charge on any atom is -0.383 e. The number of likely N-dealkylation sites (tertiary alicyclic amines) is 1. The van der Waals surface area contributed by atoms with Gasteiger partial charge in [0.2, 0.25) is 5.91 Å². The van der Waals surface area contributed by atoms with Crippen molar-refractivity contribution in [2.24, 2.45) is 0 Å². The van der Waals surface area contributed by atoms with Crippen LogP contribution >= 0.6 is 0 Å². The fraction of sp³-hybridized carbons (Fsp3) is 0.800. The number of amides is 1. The van der Waals surface area contributed by atoms with Crippen LogP contribution in [0.2, 0.25) is 0 Å². The summed E-state index contributed by atoms with van der Waals surface area (Å²) in [5.41, 5.74) is 0. The smallest absolute Gasteiger partial charge is 0.237 e. The number of carbonyl (C=O) groups excluding carboxylic acids is 1. The van der Waals surface area contributed by atoms with Crippen LogP contribution in [0.1, 0.15) is 25.7 Å². The summed E-state index contributed by atoms with van der Waals surface area (Å²) in [7, 11) is 1.64. The summed E-state index contributed by atoms with van der Waals surface area (Å²) in [5, 5.41) is 8.45. The highest BCUT2D eigenvalue weighted by Crippen LogP contribution is 2.17. The van der Waals surface area contributed by atoms with Crippen molar-refractivity contribution >= 4 is 5.91 Å². The van der Waals surface area contributed by atoms with Gasteiger partial charge in [-0.25, -0.2) is 0 Å². The molecule has 0 aromatic rings. The lowest BCUT2D eigenvalue weighted by molar-refractivity contribution is -0.135. The van der Waals surface area contributed by atoms with E-state index in [0.717, 1.165) is 25.8 Å². The number of hydrogen-bond acceptors (Lipinski definition) is 3. The average molecular weight is 196 g/mol. The highest BCUT2D eigenvalue weighted by atomic mass is 16.5. The van der Waals surface area contributed by atoms with Gasteiger partial charge in [-0.2, -0.15) is 5.26 Å². The van der Waals surface area contributed by atoms with Crippen LogP contribution in [0.3, 0.4) is 0 Å². The van der Waals surface area contributed by atoms with E-state index in [2.05, 4.69) is 0 Å². The van der Waals surface area contributed by atoms with Crippen LogP contribution in [-0.4, -0.2) is 37.1 Å². The predicted molar refractivity (Wildman–Crippen MR) is 51.5 cm³/mol. The standard InChI is InChI=1S/C10H16N2O2/c1-14-8-9-4-2-3-7-12(9)10(13)5-6-11/h9H,2-5,7-8H2,1H3/t9-/m1/s1. The molecule has 0 unspecified atom stereocenters. The molecule has 1 aliphatic rings. The van der Waals surface area contributed by atoms with Gasteiger partial charge in [-0.1, -0.05) is 0 Å². The molecule has 0 bridgehead atoms. The molecular formula is C10H16N2O2. The molecule has 1 rings (SSSR count). The Morgan fingerprint density at radius 1 is 1.64 bits per heavy atom. The summed E-state index contributed by atoms with van der Waals surface area (Å²) in [4.78, 5) is 13.3. The monoisotopic (exact) mass is 196 g/mol. The first-order valence-electron chi connectivity index (χ1n) is 4.95. The molecule has 1 aliphatic heterocycles. The Hall–Kier alpha value is -1.08. The quantitative estimate of drug-likeness (QED) is 0.674. The maximum atomic E-state index is 11.5. The maximum Gasteiger partial charge on any atom is 0.237 e. The van der Waals surface area contributed by atoms with Gasteiger partial charge in [-0.3, -0.25) is 4.79 Å². The second kappa shape index (κ2) is 5.61. The van der Waals surface area contributed by atoms with Crippen LogP contribution in [0.15, 0.2) is 0 Å². The number of methoxy groups -OCH3 is 1. The van der Waals surface area contributed by atoms with Gasteiger partial charge in [0, 0.05) is 13.7 Å². The minimum absolute atomic E-state index is 0.0137. The zero-order valence-corrected chi connectivity index (χ0v) is 8.53. The van der Waals surface area contributed by atoms with Gasteiger partial charge in [-0.15, -0.1) is 0 Å². The maximum absolute atomic E-state index is 11.5. The molecule has 0 saturated carbocycles. The molecule has 0 radical (unpaired) electrons. The van der Waals surface area contributed by atoms with Gasteiger partial charge in [0.25, 0.3) is 0 Å². The van der Waals surface area contributed by atoms with Crippen LogP contribution in [0.25, 0.3) is 0 Å². The van der Waals surface area contributed by atoms with E-state index in [1.807, 2.05) is 6.07 Å². The number of ether oxygens (including phenoxy) is 1. The zero-order valence-electron chi connectivity index (χ0n) is 8.53. The highest BCUT2D eigenvalue weighted by Gasteiger charge is 2.25. The molecular weight excluding hydrogens is 180 g/mol. The fourth-order valence-corrected chi connectivity index (χ4v) is 1.86. The molecule has 1 saturated heterocycles. The Kier molecular flexibility index (Phi) is 4.41. The summed E-state index contributed by atoms with van der Waals surface area (Å²) in [6, 6.07) is 2.07. The Bertz CT molecular complexity index is 233. The summed E-state index contributed by atoms with van der Waals surface area (Å²) >= 11 is 0. The van der Waals surface area contributed by atoms with Crippen molar-refractivity contribution in [3.05, 3.63) is 0 Å². The van der Waals surface area contributed by atoms with E-state index in [9.17, 15) is 4.79 Å². The number of carbonyl (C=O) groups is 1. The van der Waals surface area contributed by atoms with E-state index in [0.29, 0.717) is 6.61 Å². The van der Waals surface area contributed by atoms with E-state index in [1.165, 1.54) is 0 Å². The minimum atomic E-state index is -0.0609. The Balaban J connectivity index is 2.53. The predicted octanol–water partition coefficient (Wildman–Crippen LogP) is 0.928. The SMILES string of the molecule is COC[C@H]1CCCCN1C(=O)CC#N. The Morgan fingerprint density at radius 2 is 2.43 bits per heavy atom. The van der Waals surface area contributed by atoms with Crippen molar-refractivity contribution in [3.63, 3.8) is 0 Å². The summed E-state index contributed by atoms with van der Waals surface area (Å²) in [6.07, 6.45) is 3.16. The van der Waals surface area contributed by atoms with Gasteiger partial charge >= 0.3 is 0 Å². The van der Waals surface area contributed by atoms with Gasteiger partial charge in [0.1, 0.15) is 6.42 Å². The van der Waals surface area contributed by atoms with Crippen molar-refractivity contribution < 1.29 is 9.53 Å². The molecule has 0 spiro atoms. The number of piperidine rings is 1. The second-order valence-electron chi connectivity index (χ2n) is 3.53. The van der Waals surface area contributed by atoms with E-state index in [4.69, 9.17) is 10.00 Å². The zero-order chi connectivity index (χ0) is 10.4. The number of hydrogen-bond donors (Lipinski definition) is 0. The summed E-state index contributed by atoms with van der Waals surface area (Å²) in [5.74, 6) is -0.0609. The van der Waals surface area contributed by atoms with Gasteiger partial charge in [0.05, 0.1) is 18.7 Å². The summed E-state index contributed by atoms with van der Waals surface area (Å²) < 4.78 is 5.06. The van der Waals surface area contributed by atoms with Crippen molar-refractivity contribution in [2.45, 2.75) is 31.7 Å². The average Bonchev–Trinajstić information content (AvgIpc) is 2.19. The van der Waals surface area contributed by atoms with E-state index in [-0.39, 0.29) is 18.4 Å². The topological polar surface area (TPSA) is 53.3 Å². The van der Waals surface area contributed by atoms with Gasteiger partial charge in [-0.05, 0) is 19.3 Å². The van der Waals surface area contributed by atoms with Gasteiger partial charge in [0.15, 0.2) is 0 Å². The third-order valence-electron chi connectivity index (χ3n) is 2.54. The van der Waals surface area contributed by atoms with Crippen LogP contribution < -0.4 is 0 Å². The van der Waals surface area contributed by atoms with Crippen molar-refractivity contribution in [1.82, 2.24) is 4.90 Å². The lowest BCUT2D eigenvalue weighted by atomic mass is 10.0. The number of nitrogens with zero attached hydrogens (tertiary/aromatic N) is 2. The number of rotatable bonds is 3. The molecule has 1 heterocycles. The Labute approximate surface area is 84.4 Å². The molecule has 0 aromatic heterocycles. The van der Waals surface area contributed by atoms with Crippen LogP contribution in [0, 0.1) is 11.3 Å². The molecule has 14 heavy (non-hydrogen) atoms. The normalized spacial score (nSPS) is 21.7. The molecule has 78 valence electrons. The first-order chi connectivity index (χ1) is 6.79. The largest absolute Gasteiger partial charge is 0.383 e. The fourth-order valence-electron chi connectivity index (χ4n) is 1.86. The summed E-state index contributed by atoms with van der Waals surface area (Å²) in [6.45, 7) is 1.35. The molecule has 4 nitrogen and oxygen atoms in total. The van der Waals surface area contributed by atoms with Crippen LogP contribution in [0.4, 0.5) is 0 Å². The number of nitriles is 1. The Morgan fingerprint density at radius 3 is 3.07 bits per heavy atom. The lowest BCUT2D eigenvalue weighted by Gasteiger charge is -2.34. The van der Waals surface area contributed by atoms with Crippen molar-refractivity contribution in [2.75, 3.05) is 20.3 Å². The van der Waals surface area contributed by atoms with Gasteiger partial charge < -0.3 is 9.64 Å². The second-order valence-corrected chi connectivity index (χ2v) is 3.53. The molecule has 1 atom stereocenters. The first-order valence-corrected chi connectivity index (χ1v) is 4.95. The molecule has 0 aromatic carbocycles. The van der Waals surface area contributed by atoms with Crippen molar-refractivity contribution in [3.8, 4) is 6.07 Å². The molecule has 1 fully saturated rings. The van der Waals surface area contributed by atoms with Crippen molar-refractivity contribution in [1.29, 1.82) is 5.26 Å². The van der Waals surface area contributed by atoms with E-state index >= 15 is 0 Å². The van der Waals surface area contributed by atoms with E-state index in [1.54, 1.807) is 12.0 Å². The van der Waals surface area contributed by atoms with Crippen LogP contribution in [-0.2, 0) is 9.53 Å². The van der Waals surface area contributed by atoms with E-state index < -0.39 is 0 Å².